The molecule has 1 unspecified atom stereocenters. The van der Waals surface area contributed by atoms with Crippen molar-refractivity contribution in [1.29, 1.82) is 0 Å². The number of ether oxygens (including phenoxy) is 1. The first kappa shape index (κ1) is 16.4. The van der Waals surface area contributed by atoms with Crippen molar-refractivity contribution in [3.63, 3.8) is 0 Å². The number of carbonyl (C=O) groups excluding carboxylic acids is 1. The molecule has 0 bridgehead atoms. The van der Waals surface area contributed by atoms with Crippen LogP contribution >= 0.6 is 0 Å². The summed E-state index contributed by atoms with van der Waals surface area (Å²) in [6, 6.07) is 0. The Kier molecular flexibility index (Phi) is 6.13. The van der Waals surface area contributed by atoms with E-state index in [4.69, 9.17) is 4.74 Å². The summed E-state index contributed by atoms with van der Waals surface area (Å²) in [4.78, 5) is 14.1. The minimum absolute atomic E-state index is 0.0741. The second-order valence-electron chi connectivity index (χ2n) is 5.38. The molecular formula is C13H28N2O2. The number of carbonyl (C=O) groups is 1. The molecule has 0 rings (SSSR count). The highest BCUT2D eigenvalue weighted by molar-refractivity contribution is 5.80. The number of nitrogens with one attached hydrogen (secondary N) is 1. The fourth-order valence-electron chi connectivity index (χ4n) is 1.77. The zero-order valence-electron chi connectivity index (χ0n) is 12.4. The number of likely N-dealkylation sites (N-methyl/N-ethyl adjacent to an activating group) is 2. The van der Waals surface area contributed by atoms with Crippen LogP contribution in [-0.4, -0.2) is 49.2 Å². The number of methoxy groups -OCH3 is 1. The summed E-state index contributed by atoms with van der Waals surface area (Å²) in [6.07, 6.45) is 1.03. The van der Waals surface area contributed by atoms with Gasteiger partial charge in [0.25, 0.3) is 0 Å². The molecule has 0 heterocycles. The minimum Gasteiger partial charge on any atom is -0.468 e. The van der Waals surface area contributed by atoms with E-state index in [1.54, 1.807) is 0 Å². The average molecular weight is 244 g/mol. The Bertz CT molecular complexity index is 254. The average Bonchev–Trinajstić information content (AvgIpc) is 2.27. The lowest BCUT2D eigenvalue weighted by Crippen LogP contribution is -2.59. The predicted molar refractivity (Wildman–Crippen MR) is 71.1 cm³/mol. The Labute approximate surface area is 106 Å². The van der Waals surface area contributed by atoms with Gasteiger partial charge in [-0.05, 0) is 40.8 Å². The Hall–Kier alpha value is -0.610. The van der Waals surface area contributed by atoms with Gasteiger partial charge in [0.05, 0.1) is 7.11 Å². The van der Waals surface area contributed by atoms with Crippen molar-refractivity contribution in [1.82, 2.24) is 10.2 Å². The Morgan fingerprint density at radius 3 is 2.18 bits per heavy atom. The third-order valence-corrected chi connectivity index (χ3v) is 3.65. The monoisotopic (exact) mass is 244 g/mol. The molecule has 0 saturated heterocycles. The van der Waals surface area contributed by atoms with Gasteiger partial charge in [-0.1, -0.05) is 13.8 Å². The van der Waals surface area contributed by atoms with Crippen LogP contribution in [0.25, 0.3) is 0 Å². The van der Waals surface area contributed by atoms with Crippen molar-refractivity contribution in [3.05, 3.63) is 0 Å². The maximum atomic E-state index is 11.9. The molecular weight excluding hydrogens is 216 g/mol. The van der Waals surface area contributed by atoms with Crippen LogP contribution in [0, 0.1) is 0 Å². The summed E-state index contributed by atoms with van der Waals surface area (Å²) in [5.41, 5.74) is -0.574. The summed E-state index contributed by atoms with van der Waals surface area (Å²) in [6.45, 7) is 11.8. The zero-order valence-corrected chi connectivity index (χ0v) is 12.4. The number of hydrogen-bond donors (Lipinski definition) is 1. The van der Waals surface area contributed by atoms with Gasteiger partial charge in [-0.25, -0.2) is 0 Å². The predicted octanol–water partition coefficient (Wildman–Crippen LogP) is 1.65. The normalized spacial score (nSPS) is 15.8. The van der Waals surface area contributed by atoms with Crippen LogP contribution in [0.3, 0.4) is 0 Å². The molecule has 0 aliphatic heterocycles. The summed E-state index contributed by atoms with van der Waals surface area (Å²) in [5.74, 6) is -0.210. The summed E-state index contributed by atoms with van der Waals surface area (Å²) < 4.78 is 4.89. The highest BCUT2D eigenvalue weighted by Crippen LogP contribution is 2.20. The van der Waals surface area contributed by atoms with Gasteiger partial charge < -0.3 is 10.1 Å². The number of hydrogen-bond acceptors (Lipinski definition) is 4. The number of rotatable bonds is 7. The molecule has 0 aromatic heterocycles. The van der Waals surface area contributed by atoms with E-state index in [0.29, 0.717) is 6.54 Å². The molecule has 1 atom stereocenters. The maximum absolute atomic E-state index is 11.9. The van der Waals surface area contributed by atoms with Crippen molar-refractivity contribution in [3.8, 4) is 0 Å². The Balaban J connectivity index is 4.82. The largest absolute Gasteiger partial charge is 0.468 e. The van der Waals surface area contributed by atoms with Crippen molar-refractivity contribution >= 4 is 5.97 Å². The summed E-state index contributed by atoms with van der Waals surface area (Å²) in [5, 5.41) is 3.22. The lowest BCUT2D eigenvalue weighted by molar-refractivity contribution is -0.149. The SMILES string of the molecule is CCNC(C)(CN(C)C(C)(C)CC)C(=O)OC. The number of esters is 1. The lowest BCUT2D eigenvalue weighted by Gasteiger charge is -2.40. The molecule has 17 heavy (non-hydrogen) atoms. The maximum Gasteiger partial charge on any atom is 0.327 e. The Morgan fingerprint density at radius 2 is 1.82 bits per heavy atom. The van der Waals surface area contributed by atoms with Crippen LogP contribution in [0.5, 0.6) is 0 Å². The van der Waals surface area contributed by atoms with Gasteiger partial charge in [-0.3, -0.25) is 9.69 Å². The fraction of sp³-hybridized carbons (Fsp3) is 0.923. The second-order valence-corrected chi connectivity index (χ2v) is 5.38. The topological polar surface area (TPSA) is 41.6 Å². The summed E-state index contributed by atoms with van der Waals surface area (Å²) >= 11 is 0. The molecule has 0 saturated carbocycles. The van der Waals surface area contributed by atoms with Crippen molar-refractivity contribution in [2.24, 2.45) is 0 Å². The van der Waals surface area contributed by atoms with Crippen LogP contribution in [0.1, 0.15) is 41.0 Å². The third-order valence-electron chi connectivity index (χ3n) is 3.65. The van der Waals surface area contributed by atoms with Crippen molar-refractivity contribution in [2.45, 2.75) is 52.1 Å². The lowest BCUT2D eigenvalue weighted by atomic mass is 9.95. The first-order valence-electron chi connectivity index (χ1n) is 6.28. The van der Waals surface area contributed by atoms with Gasteiger partial charge in [-0.2, -0.15) is 0 Å². The summed E-state index contributed by atoms with van der Waals surface area (Å²) in [7, 11) is 3.48. The number of nitrogens with zero attached hydrogens (tertiary/aromatic N) is 1. The van der Waals surface area contributed by atoms with Crippen LogP contribution in [-0.2, 0) is 9.53 Å². The quantitative estimate of drug-likeness (QED) is 0.691. The van der Waals surface area contributed by atoms with E-state index < -0.39 is 5.54 Å². The first-order valence-corrected chi connectivity index (χ1v) is 6.28. The van der Waals surface area contributed by atoms with Gasteiger partial charge in [0.15, 0.2) is 0 Å². The highest BCUT2D eigenvalue weighted by Gasteiger charge is 2.37. The van der Waals surface area contributed by atoms with Crippen molar-refractivity contribution in [2.75, 3.05) is 27.2 Å². The van der Waals surface area contributed by atoms with Gasteiger partial charge >= 0.3 is 5.97 Å². The van der Waals surface area contributed by atoms with Gasteiger partial charge in [0, 0.05) is 12.1 Å². The van der Waals surface area contributed by atoms with E-state index in [2.05, 4.69) is 31.0 Å². The molecule has 0 aromatic rings. The molecule has 102 valence electrons. The zero-order chi connectivity index (χ0) is 13.7. The third kappa shape index (κ3) is 4.28. The van der Waals surface area contributed by atoms with Crippen LogP contribution in [0.2, 0.25) is 0 Å². The molecule has 0 radical (unpaired) electrons. The van der Waals surface area contributed by atoms with Crippen LogP contribution < -0.4 is 5.32 Å². The first-order chi connectivity index (χ1) is 7.73. The molecule has 0 aromatic carbocycles. The van der Waals surface area contributed by atoms with Gasteiger partial charge in [0.2, 0.25) is 0 Å². The molecule has 4 heteroatoms. The van der Waals surface area contributed by atoms with E-state index >= 15 is 0 Å². The van der Waals surface area contributed by atoms with E-state index in [0.717, 1.165) is 13.0 Å². The fourth-order valence-corrected chi connectivity index (χ4v) is 1.77. The molecule has 1 N–H and O–H groups in total. The molecule has 0 fully saturated rings. The van der Waals surface area contributed by atoms with Crippen molar-refractivity contribution < 1.29 is 9.53 Å². The standard InChI is InChI=1S/C13H28N2O2/c1-8-12(3,4)15(6)10-13(5,14-9-2)11(16)17-7/h14H,8-10H2,1-7H3. The van der Waals surface area contributed by atoms with Crippen LogP contribution in [0.15, 0.2) is 0 Å². The molecule has 0 aliphatic carbocycles. The molecule has 0 amide bonds. The van der Waals surface area contributed by atoms with E-state index in [1.807, 2.05) is 20.9 Å². The van der Waals surface area contributed by atoms with E-state index in [9.17, 15) is 4.79 Å². The minimum atomic E-state index is -0.648. The molecule has 4 nitrogen and oxygen atoms in total. The van der Waals surface area contributed by atoms with Gasteiger partial charge in [0.1, 0.15) is 5.54 Å². The Morgan fingerprint density at radius 1 is 1.29 bits per heavy atom. The highest BCUT2D eigenvalue weighted by atomic mass is 16.5. The van der Waals surface area contributed by atoms with Gasteiger partial charge in [-0.15, -0.1) is 0 Å². The second kappa shape index (κ2) is 6.36. The molecule has 0 aliphatic rings. The molecule has 0 spiro atoms. The van der Waals surface area contributed by atoms with Crippen LogP contribution in [0.4, 0.5) is 0 Å². The van der Waals surface area contributed by atoms with E-state index in [-0.39, 0.29) is 11.5 Å². The van der Waals surface area contributed by atoms with E-state index in [1.165, 1.54) is 7.11 Å². The smallest absolute Gasteiger partial charge is 0.327 e.